The Morgan fingerprint density at radius 2 is 2.08 bits per heavy atom. The van der Waals surface area contributed by atoms with Crippen LogP contribution in [0.1, 0.15) is 11.1 Å². The second kappa shape index (κ2) is 6.64. The number of nitro groups is 1. The quantitative estimate of drug-likeness (QED) is 0.511. The van der Waals surface area contributed by atoms with Crippen molar-refractivity contribution in [3.8, 4) is 0 Å². The van der Waals surface area contributed by atoms with Gasteiger partial charge in [0.05, 0.1) is 10.5 Å². The van der Waals surface area contributed by atoms with Gasteiger partial charge < -0.3 is 5.32 Å². The normalized spacial score (nSPS) is 11.3. The van der Waals surface area contributed by atoms with Gasteiger partial charge in [0, 0.05) is 6.54 Å². The molecule has 0 aliphatic heterocycles. The zero-order valence-electron chi connectivity index (χ0n) is 11.9. The van der Waals surface area contributed by atoms with Gasteiger partial charge >= 0.3 is 11.9 Å². The molecule has 11 heteroatoms. The number of hydrogen-bond acceptors (Lipinski definition) is 4. The zero-order valence-corrected chi connectivity index (χ0v) is 11.9. The van der Waals surface area contributed by atoms with Crippen LogP contribution in [0.2, 0.25) is 0 Å². The monoisotopic (exact) mass is 346 g/mol. The molecule has 0 bridgehead atoms. The number of nitrogens with zero attached hydrogens (tertiary/aromatic N) is 3. The van der Waals surface area contributed by atoms with Gasteiger partial charge in [0.25, 0.3) is 0 Å². The van der Waals surface area contributed by atoms with E-state index in [9.17, 15) is 32.5 Å². The summed E-state index contributed by atoms with van der Waals surface area (Å²) in [4.78, 5) is 21.5. The lowest BCUT2D eigenvalue weighted by Crippen LogP contribution is -2.28. The number of hydrogen-bond donors (Lipinski definition) is 1. The molecule has 1 heterocycles. The van der Waals surface area contributed by atoms with E-state index in [0.29, 0.717) is 6.07 Å². The molecule has 1 aromatic heterocycles. The van der Waals surface area contributed by atoms with E-state index in [-0.39, 0.29) is 11.3 Å². The third-order valence-corrected chi connectivity index (χ3v) is 2.99. The molecule has 0 saturated heterocycles. The van der Waals surface area contributed by atoms with Crippen LogP contribution in [-0.2, 0) is 24.1 Å². The molecule has 0 atom stereocenters. The maximum Gasteiger partial charge on any atom is 0.416 e. The van der Waals surface area contributed by atoms with Crippen molar-refractivity contribution in [2.75, 3.05) is 0 Å². The van der Waals surface area contributed by atoms with Crippen LogP contribution in [-0.4, -0.2) is 20.6 Å². The molecule has 1 amide bonds. The second-order valence-electron chi connectivity index (χ2n) is 4.73. The lowest BCUT2D eigenvalue weighted by molar-refractivity contribution is -0.385. The highest BCUT2D eigenvalue weighted by molar-refractivity contribution is 5.75. The SMILES string of the molecule is O=C(Cn1cc([N+](=O)[O-])cn1)NCc1ccc(F)cc1C(F)(F)F. The number of rotatable bonds is 5. The Kier molecular flexibility index (Phi) is 4.81. The molecule has 0 spiro atoms. The lowest BCUT2D eigenvalue weighted by atomic mass is 10.1. The van der Waals surface area contributed by atoms with Crippen LogP contribution >= 0.6 is 0 Å². The predicted octanol–water partition coefficient (Wildman–Crippen LogP) is 2.27. The standard InChI is InChI=1S/C13H10F4N4O3/c14-9-2-1-8(11(3-9)13(15,16)17)4-18-12(22)7-20-6-10(5-19-20)21(23)24/h1-3,5-6H,4,7H2,(H,18,22). The molecule has 0 saturated carbocycles. The molecule has 1 N–H and O–H groups in total. The molecule has 2 rings (SSSR count). The highest BCUT2D eigenvalue weighted by Crippen LogP contribution is 2.32. The summed E-state index contributed by atoms with van der Waals surface area (Å²) in [6, 6.07) is 2.13. The Balaban J connectivity index is 2.02. The van der Waals surface area contributed by atoms with Crippen LogP contribution in [0.3, 0.4) is 0 Å². The van der Waals surface area contributed by atoms with Gasteiger partial charge in [-0.15, -0.1) is 0 Å². The number of carbonyl (C=O) groups is 1. The summed E-state index contributed by atoms with van der Waals surface area (Å²) in [5.41, 5.74) is -1.80. The van der Waals surface area contributed by atoms with Crippen molar-refractivity contribution in [1.82, 2.24) is 15.1 Å². The largest absolute Gasteiger partial charge is 0.416 e. The van der Waals surface area contributed by atoms with Gasteiger partial charge in [-0.3, -0.25) is 19.6 Å². The zero-order chi connectivity index (χ0) is 17.9. The van der Waals surface area contributed by atoms with Crippen LogP contribution in [0.15, 0.2) is 30.6 Å². The van der Waals surface area contributed by atoms with E-state index < -0.39 is 41.5 Å². The topological polar surface area (TPSA) is 90.1 Å². The third-order valence-electron chi connectivity index (χ3n) is 2.99. The minimum Gasteiger partial charge on any atom is -0.350 e. The summed E-state index contributed by atoms with van der Waals surface area (Å²) in [5.74, 6) is -1.74. The van der Waals surface area contributed by atoms with Crippen molar-refractivity contribution in [3.63, 3.8) is 0 Å². The fourth-order valence-corrected chi connectivity index (χ4v) is 1.90. The highest BCUT2D eigenvalue weighted by atomic mass is 19.4. The molecule has 0 radical (unpaired) electrons. The Hall–Kier alpha value is -2.98. The van der Waals surface area contributed by atoms with E-state index >= 15 is 0 Å². The van der Waals surface area contributed by atoms with Crippen molar-refractivity contribution in [2.45, 2.75) is 19.3 Å². The Bertz CT molecular complexity index is 773. The van der Waals surface area contributed by atoms with Crippen LogP contribution in [0.25, 0.3) is 0 Å². The molecule has 1 aromatic carbocycles. The van der Waals surface area contributed by atoms with Crippen molar-refractivity contribution in [3.05, 3.63) is 57.7 Å². The van der Waals surface area contributed by atoms with Crippen LogP contribution in [0.4, 0.5) is 23.2 Å². The Morgan fingerprint density at radius 3 is 2.67 bits per heavy atom. The van der Waals surface area contributed by atoms with Crippen LogP contribution < -0.4 is 5.32 Å². The minimum absolute atomic E-state index is 0.302. The number of alkyl halides is 3. The maximum atomic E-state index is 13.0. The number of nitrogens with one attached hydrogen (secondary N) is 1. The molecule has 0 aliphatic rings. The number of carbonyl (C=O) groups excluding carboxylic acids is 1. The summed E-state index contributed by atoms with van der Waals surface area (Å²) in [7, 11) is 0. The van der Waals surface area contributed by atoms with E-state index in [2.05, 4.69) is 10.4 Å². The average Bonchev–Trinajstić information content (AvgIpc) is 2.93. The van der Waals surface area contributed by atoms with Gasteiger partial charge in [0.15, 0.2) is 0 Å². The molecule has 2 aromatic rings. The van der Waals surface area contributed by atoms with Gasteiger partial charge in [-0.25, -0.2) is 4.39 Å². The minimum atomic E-state index is -4.76. The van der Waals surface area contributed by atoms with E-state index in [1.807, 2.05) is 0 Å². The summed E-state index contributed by atoms with van der Waals surface area (Å²) in [6.07, 6.45) is -2.81. The number of halogens is 4. The molecule has 0 unspecified atom stereocenters. The summed E-state index contributed by atoms with van der Waals surface area (Å²) < 4.78 is 52.4. The highest BCUT2D eigenvalue weighted by Gasteiger charge is 2.33. The van der Waals surface area contributed by atoms with Crippen molar-refractivity contribution in [1.29, 1.82) is 0 Å². The molecule has 0 fully saturated rings. The van der Waals surface area contributed by atoms with Crippen molar-refractivity contribution in [2.24, 2.45) is 0 Å². The predicted molar refractivity (Wildman–Crippen MR) is 72.1 cm³/mol. The number of amides is 1. The first-order valence-electron chi connectivity index (χ1n) is 6.46. The Labute approximate surface area is 132 Å². The fraction of sp³-hybridized carbons (Fsp3) is 0.231. The molecular formula is C13H10F4N4O3. The van der Waals surface area contributed by atoms with E-state index in [1.165, 1.54) is 0 Å². The van der Waals surface area contributed by atoms with Gasteiger partial charge in [-0.1, -0.05) is 6.07 Å². The molecule has 24 heavy (non-hydrogen) atoms. The van der Waals surface area contributed by atoms with Gasteiger partial charge in [0.1, 0.15) is 24.8 Å². The van der Waals surface area contributed by atoms with Crippen LogP contribution in [0, 0.1) is 15.9 Å². The Morgan fingerprint density at radius 1 is 1.38 bits per heavy atom. The third kappa shape index (κ3) is 4.27. The first-order valence-corrected chi connectivity index (χ1v) is 6.46. The van der Waals surface area contributed by atoms with Gasteiger partial charge in [-0.05, 0) is 17.7 Å². The number of aromatic nitrogens is 2. The summed E-state index contributed by atoms with van der Waals surface area (Å²) >= 11 is 0. The van der Waals surface area contributed by atoms with E-state index in [4.69, 9.17) is 0 Å². The number of benzene rings is 1. The van der Waals surface area contributed by atoms with Gasteiger partial charge in [-0.2, -0.15) is 18.3 Å². The fourth-order valence-electron chi connectivity index (χ4n) is 1.90. The lowest BCUT2D eigenvalue weighted by Gasteiger charge is -2.13. The van der Waals surface area contributed by atoms with Gasteiger partial charge in [0.2, 0.25) is 5.91 Å². The first-order chi connectivity index (χ1) is 11.2. The second-order valence-corrected chi connectivity index (χ2v) is 4.73. The molecule has 7 nitrogen and oxygen atoms in total. The molecule has 0 aliphatic carbocycles. The summed E-state index contributed by atoms with van der Waals surface area (Å²) in [6.45, 7) is -0.881. The summed E-state index contributed by atoms with van der Waals surface area (Å²) in [5, 5.41) is 16.3. The van der Waals surface area contributed by atoms with E-state index in [0.717, 1.165) is 29.2 Å². The molecule has 128 valence electrons. The van der Waals surface area contributed by atoms with Crippen molar-refractivity contribution >= 4 is 11.6 Å². The smallest absolute Gasteiger partial charge is 0.350 e. The van der Waals surface area contributed by atoms with Crippen molar-refractivity contribution < 1.29 is 27.3 Å². The van der Waals surface area contributed by atoms with E-state index in [1.54, 1.807) is 0 Å². The first kappa shape index (κ1) is 17.4. The average molecular weight is 346 g/mol. The molecular weight excluding hydrogens is 336 g/mol. The van der Waals surface area contributed by atoms with Crippen LogP contribution in [0.5, 0.6) is 0 Å². The maximum absolute atomic E-state index is 13.0.